The first-order chi connectivity index (χ1) is 15.7. The number of hydrogen-bond donors (Lipinski definition) is 2. The van der Waals surface area contributed by atoms with Gasteiger partial charge >= 0.3 is 6.18 Å². The van der Waals surface area contributed by atoms with Gasteiger partial charge in [-0.2, -0.15) is 13.2 Å². The Bertz CT molecular complexity index is 1110. The zero-order valence-electron chi connectivity index (χ0n) is 17.6. The monoisotopic (exact) mass is 482 g/mol. The summed E-state index contributed by atoms with van der Waals surface area (Å²) in [5.41, 5.74) is -1.52. The van der Waals surface area contributed by atoms with Crippen LogP contribution in [-0.2, 0) is 17.3 Å². The molecule has 2 N–H and O–H groups in total. The summed E-state index contributed by atoms with van der Waals surface area (Å²) in [6.45, 7) is 0. The van der Waals surface area contributed by atoms with E-state index < -0.39 is 29.0 Å². The van der Waals surface area contributed by atoms with E-state index in [4.69, 9.17) is 4.74 Å². The first kappa shape index (κ1) is 22.3. The van der Waals surface area contributed by atoms with Gasteiger partial charge in [0.2, 0.25) is 0 Å². The Morgan fingerprint density at radius 2 is 1.79 bits per heavy atom. The lowest BCUT2D eigenvalue weighted by atomic mass is 10.0. The molecule has 1 saturated carbocycles. The summed E-state index contributed by atoms with van der Waals surface area (Å²) < 4.78 is 60.6. The van der Waals surface area contributed by atoms with E-state index in [0.29, 0.717) is 18.1 Å². The smallest absolute Gasteiger partial charge is 0.370 e. The quantitative estimate of drug-likeness (QED) is 0.557. The predicted octanol–water partition coefficient (Wildman–Crippen LogP) is 5.61. The lowest BCUT2D eigenvalue weighted by Gasteiger charge is -2.22. The Balaban J connectivity index is 1.52. The third kappa shape index (κ3) is 4.14. The maximum atomic E-state index is 14.4. The fraction of sp³-hybridized carbons (Fsp3) is 0.478. The molecule has 1 aromatic heterocycles. The largest absolute Gasteiger partial charge is 0.417 e. The lowest BCUT2D eigenvalue weighted by molar-refractivity contribution is -0.138. The van der Waals surface area contributed by atoms with Crippen LogP contribution in [0.3, 0.4) is 0 Å². The molecule has 33 heavy (non-hydrogen) atoms. The molecule has 1 aromatic carbocycles. The number of amides is 2. The van der Waals surface area contributed by atoms with Gasteiger partial charge in [-0.1, -0.05) is 18.9 Å². The molecule has 176 valence electrons. The van der Waals surface area contributed by atoms with E-state index in [2.05, 4.69) is 10.6 Å². The van der Waals surface area contributed by atoms with Gasteiger partial charge in [-0.15, -0.1) is 11.3 Å². The number of alkyl halides is 3. The first-order valence-electron chi connectivity index (χ1n) is 11.0. The number of hydrogen-bond acceptors (Lipinski definition) is 4. The van der Waals surface area contributed by atoms with Gasteiger partial charge in [0.25, 0.3) is 11.8 Å². The second-order valence-corrected chi connectivity index (χ2v) is 9.85. The molecule has 0 radical (unpaired) electrons. The third-order valence-electron chi connectivity index (χ3n) is 6.56. The molecule has 2 amide bonds. The van der Waals surface area contributed by atoms with Gasteiger partial charge in [-0.25, -0.2) is 4.39 Å². The normalized spacial score (nSPS) is 22.3. The maximum absolute atomic E-state index is 14.4. The Kier molecular flexibility index (Phi) is 5.68. The second kappa shape index (κ2) is 8.39. The summed E-state index contributed by atoms with van der Waals surface area (Å²) in [5.74, 6) is -2.89. The Labute approximate surface area is 191 Å². The highest BCUT2D eigenvalue weighted by atomic mass is 32.1. The summed E-state index contributed by atoms with van der Waals surface area (Å²) >= 11 is 1.16. The van der Waals surface area contributed by atoms with E-state index in [-0.39, 0.29) is 34.7 Å². The summed E-state index contributed by atoms with van der Waals surface area (Å²) in [7, 11) is 0. The van der Waals surface area contributed by atoms with Crippen LogP contribution in [0.2, 0.25) is 0 Å². The average molecular weight is 482 g/mol. The van der Waals surface area contributed by atoms with Crippen LogP contribution in [0, 0.1) is 5.82 Å². The number of carbonyl (C=O) groups is 2. The Hall–Kier alpha value is -2.46. The van der Waals surface area contributed by atoms with Gasteiger partial charge < -0.3 is 15.4 Å². The molecule has 10 heteroatoms. The zero-order valence-corrected chi connectivity index (χ0v) is 18.4. The van der Waals surface area contributed by atoms with Crippen molar-refractivity contribution in [2.45, 2.75) is 69.4 Å². The minimum Gasteiger partial charge on any atom is -0.370 e. The van der Waals surface area contributed by atoms with Crippen LogP contribution in [0.4, 0.5) is 22.6 Å². The number of ether oxygens (including phenoxy) is 1. The molecule has 2 atom stereocenters. The zero-order chi connectivity index (χ0) is 23.3. The van der Waals surface area contributed by atoms with Crippen LogP contribution >= 0.6 is 11.3 Å². The topological polar surface area (TPSA) is 67.4 Å². The summed E-state index contributed by atoms with van der Waals surface area (Å²) in [6, 6.07) is 2.40. The van der Waals surface area contributed by atoms with Crippen LogP contribution in [-0.4, -0.2) is 24.0 Å². The van der Waals surface area contributed by atoms with Gasteiger partial charge in [-0.3, -0.25) is 9.59 Å². The molecule has 0 spiro atoms. The lowest BCUT2D eigenvalue weighted by Crippen LogP contribution is -2.34. The van der Waals surface area contributed by atoms with E-state index in [1.54, 1.807) is 0 Å². The van der Waals surface area contributed by atoms with Crippen molar-refractivity contribution in [3.63, 3.8) is 0 Å². The van der Waals surface area contributed by atoms with Gasteiger partial charge in [0.1, 0.15) is 10.8 Å². The third-order valence-corrected chi connectivity index (χ3v) is 7.70. The summed E-state index contributed by atoms with van der Waals surface area (Å²) in [5, 5.41) is 5.56. The highest BCUT2D eigenvalue weighted by Gasteiger charge is 2.41. The van der Waals surface area contributed by atoms with Crippen molar-refractivity contribution in [2.24, 2.45) is 0 Å². The fourth-order valence-electron chi connectivity index (χ4n) is 5.06. The van der Waals surface area contributed by atoms with Crippen molar-refractivity contribution < 1.29 is 31.9 Å². The molecule has 2 fully saturated rings. The predicted molar refractivity (Wildman–Crippen MR) is 114 cm³/mol. The molecular formula is C23H22F4N2O3S. The molecule has 1 saturated heterocycles. The van der Waals surface area contributed by atoms with Crippen molar-refractivity contribution in [3.05, 3.63) is 51.1 Å². The molecule has 1 aliphatic carbocycles. The van der Waals surface area contributed by atoms with Crippen molar-refractivity contribution in [2.75, 3.05) is 5.32 Å². The number of benzene rings is 1. The average Bonchev–Trinajstić information content (AvgIpc) is 3.47. The number of fused-ring (bicyclic) bond motifs is 4. The number of rotatable bonds is 4. The molecule has 2 aliphatic heterocycles. The Morgan fingerprint density at radius 1 is 1.03 bits per heavy atom. The molecular weight excluding hydrogens is 460 g/mol. The van der Waals surface area contributed by atoms with Gasteiger partial charge in [0.05, 0.1) is 28.9 Å². The molecule has 2 bridgehead atoms. The summed E-state index contributed by atoms with van der Waals surface area (Å²) in [4.78, 5) is 27.0. The summed E-state index contributed by atoms with van der Waals surface area (Å²) in [6.07, 6.45) is 0.733. The molecule has 3 heterocycles. The number of nitrogens with one attached hydrogen (secondary N) is 2. The number of halogens is 4. The van der Waals surface area contributed by atoms with Crippen LogP contribution in [0.15, 0.2) is 18.2 Å². The van der Waals surface area contributed by atoms with E-state index in [0.717, 1.165) is 66.9 Å². The van der Waals surface area contributed by atoms with Crippen LogP contribution in [0.25, 0.3) is 0 Å². The maximum Gasteiger partial charge on any atom is 0.417 e. The SMILES string of the molecule is O=C(Nc1sc2c(c1C(=O)NC1CCCC1)C1CCC(C2)O1)c1c(F)cccc1C(F)(F)F. The number of thiophene rings is 1. The fourth-order valence-corrected chi connectivity index (χ4v) is 6.36. The Morgan fingerprint density at radius 3 is 2.52 bits per heavy atom. The van der Waals surface area contributed by atoms with E-state index in [1.165, 1.54) is 0 Å². The van der Waals surface area contributed by atoms with Gasteiger partial charge in [0, 0.05) is 22.9 Å². The van der Waals surface area contributed by atoms with E-state index >= 15 is 0 Å². The van der Waals surface area contributed by atoms with E-state index in [9.17, 15) is 27.2 Å². The van der Waals surface area contributed by atoms with E-state index in [1.807, 2.05) is 0 Å². The number of carbonyl (C=O) groups excluding carboxylic acids is 2. The van der Waals surface area contributed by atoms with Crippen LogP contribution in [0.1, 0.15) is 81.3 Å². The highest BCUT2D eigenvalue weighted by Crippen LogP contribution is 2.49. The molecule has 2 unspecified atom stereocenters. The highest BCUT2D eigenvalue weighted by molar-refractivity contribution is 7.17. The molecule has 3 aliphatic rings. The second-order valence-electron chi connectivity index (χ2n) is 8.74. The van der Waals surface area contributed by atoms with Crippen molar-refractivity contribution >= 4 is 28.2 Å². The first-order valence-corrected chi connectivity index (χ1v) is 11.8. The number of anilines is 1. The van der Waals surface area contributed by atoms with Gasteiger partial charge in [0.15, 0.2) is 0 Å². The van der Waals surface area contributed by atoms with Crippen molar-refractivity contribution in [3.8, 4) is 0 Å². The van der Waals surface area contributed by atoms with Crippen LogP contribution in [0.5, 0.6) is 0 Å². The molecule has 5 nitrogen and oxygen atoms in total. The van der Waals surface area contributed by atoms with Crippen molar-refractivity contribution in [1.29, 1.82) is 0 Å². The standard InChI is InChI=1S/C23H22F4N2O3S/c24-14-7-3-6-13(23(25,26)27)17(14)20(30)29-22-19(21(31)28-11-4-1-2-5-11)18-15-9-8-12(32-15)10-16(18)33-22/h3,6-7,11-12,15H,1-2,4-5,8-10H2,(H,28,31)(H,29,30). The van der Waals surface area contributed by atoms with Crippen molar-refractivity contribution in [1.82, 2.24) is 5.32 Å². The molecule has 5 rings (SSSR count). The minimum absolute atomic E-state index is 0.0147. The minimum atomic E-state index is -4.90. The van der Waals surface area contributed by atoms with Crippen LogP contribution < -0.4 is 10.6 Å². The van der Waals surface area contributed by atoms with Gasteiger partial charge in [-0.05, 0) is 37.8 Å². The molecule has 2 aromatic rings.